The standard InChI is InChI=1S/C19H18N4/c1-12-5-6-17-15(9-12)14-3-2-4-18(19(14)23-17)22-16-7-8-21-11-13(16)10-20/h5-9,11,18,23H,2-4H2,1H3,(H,21,22). The van der Waals surface area contributed by atoms with Crippen LogP contribution in [0.4, 0.5) is 5.69 Å². The highest BCUT2D eigenvalue weighted by atomic mass is 15.0. The van der Waals surface area contributed by atoms with Gasteiger partial charge >= 0.3 is 0 Å². The minimum absolute atomic E-state index is 0.209. The normalized spacial score (nSPS) is 16.8. The van der Waals surface area contributed by atoms with Crippen LogP contribution in [0.5, 0.6) is 0 Å². The summed E-state index contributed by atoms with van der Waals surface area (Å²) in [5, 5.41) is 14.1. The Bertz CT molecular complexity index is 917. The van der Waals surface area contributed by atoms with E-state index in [1.54, 1.807) is 12.4 Å². The van der Waals surface area contributed by atoms with E-state index in [1.165, 1.54) is 27.7 Å². The second kappa shape index (κ2) is 5.44. The molecule has 1 unspecified atom stereocenters. The summed E-state index contributed by atoms with van der Waals surface area (Å²) >= 11 is 0. The molecule has 0 saturated heterocycles. The third-order valence-electron chi connectivity index (χ3n) is 4.63. The number of nitrogens with one attached hydrogen (secondary N) is 2. The number of hydrogen-bond donors (Lipinski definition) is 2. The van der Waals surface area contributed by atoms with Gasteiger partial charge in [0.25, 0.3) is 0 Å². The first-order chi connectivity index (χ1) is 11.3. The zero-order chi connectivity index (χ0) is 15.8. The lowest BCUT2D eigenvalue weighted by Gasteiger charge is -2.25. The first kappa shape index (κ1) is 13.8. The summed E-state index contributed by atoms with van der Waals surface area (Å²) < 4.78 is 0. The van der Waals surface area contributed by atoms with Crippen LogP contribution in [0.15, 0.2) is 36.7 Å². The van der Waals surface area contributed by atoms with Crippen LogP contribution in [-0.4, -0.2) is 9.97 Å². The SMILES string of the molecule is Cc1ccc2[nH]c3c(c2c1)CCCC3Nc1ccncc1C#N. The average Bonchev–Trinajstić information content (AvgIpc) is 2.94. The van der Waals surface area contributed by atoms with Crippen LogP contribution < -0.4 is 5.32 Å². The maximum absolute atomic E-state index is 9.25. The highest BCUT2D eigenvalue weighted by Crippen LogP contribution is 2.37. The van der Waals surface area contributed by atoms with Gasteiger partial charge in [-0.1, -0.05) is 11.6 Å². The molecule has 2 aromatic heterocycles. The molecule has 0 radical (unpaired) electrons. The monoisotopic (exact) mass is 302 g/mol. The summed E-state index contributed by atoms with van der Waals surface area (Å²) in [6.45, 7) is 2.13. The van der Waals surface area contributed by atoms with Gasteiger partial charge in [-0.15, -0.1) is 0 Å². The number of H-pyrrole nitrogens is 1. The maximum atomic E-state index is 9.25. The fourth-order valence-electron chi connectivity index (χ4n) is 3.52. The summed E-state index contributed by atoms with van der Waals surface area (Å²) in [6, 6.07) is 10.9. The number of anilines is 1. The second-order valence-electron chi connectivity index (χ2n) is 6.19. The molecule has 2 N–H and O–H groups in total. The molecule has 0 spiro atoms. The minimum atomic E-state index is 0.209. The molecule has 114 valence electrons. The van der Waals surface area contributed by atoms with E-state index in [2.05, 4.69) is 46.5 Å². The first-order valence-corrected chi connectivity index (χ1v) is 7.98. The quantitative estimate of drug-likeness (QED) is 0.744. The average molecular weight is 302 g/mol. The molecule has 3 aromatic rings. The zero-order valence-corrected chi connectivity index (χ0v) is 13.1. The van der Waals surface area contributed by atoms with Gasteiger partial charge in [-0.2, -0.15) is 5.26 Å². The summed E-state index contributed by atoms with van der Waals surface area (Å²) in [4.78, 5) is 7.62. The zero-order valence-electron chi connectivity index (χ0n) is 13.1. The third-order valence-corrected chi connectivity index (χ3v) is 4.63. The van der Waals surface area contributed by atoms with Gasteiger partial charge in [-0.05, 0) is 49.9 Å². The van der Waals surface area contributed by atoms with E-state index in [9.17, 15) is 5.26 Å². The largest absolute Gasteiger partial charge is 0.376 e. The van der Waals surface area contributed by atoms with Gasteiger partial charge < -0.3 is 10.3 Å². The first-order valence-electron chi connectivity index (χ1n) is 7.98. The smallest absolute Gasteiger partial charge is 0.103 e. The number of fused-ring (bicyclic) bond motifs is 3. The molecular weight excluding hydrogens is 284 g/mol. The van der Waals surface area contributed by atoms with E-state index in [-0.39, 0.29) is 6.04 Å². The van der Waals surface area contributed by atoms with Crippen LogP contribution in [0, 0.1) is 18.3 Å². The van der Waals surface area contributed by atoms with Crippen molar-refractivity contribution >= 4 is 16.6 Å². The van der Waals surface area contributed by atoms with E-state index >= 15 is 0 Å². The highest BCUT2D eigenvalue weighted by molar-refractivity contribution is 5.86. The molecular formula is C19H18N4. The lowest BCUT2D eigenvalue weighted by Crippen LogP contribution is -2.17. The number of nitrogens with zero attached hydrogens (tertiary/aromatic N) is 2. The summed E-state index contributed by atoms with van der Waals surface area (Å²) in [5.41, 5.74) is 6.61. The Morgan fingerprint density at radius 3 is 3.13 bits per heavy atom. The lowest BCUT2D eigenvalue weighted by molar-refractivity contribution is 0.592. The molecule has 0 bridgehead atoms. The van der Waals surface area contributed by atoms with Crippen LogP contribution in [-0.2, 0) is 6.42 Å². The summed E-state index contributed by atoms with van der Waals surface area (Å²) in [7, 11) is 0. The highest BCUT2D eigenvalue weighted by Gasteiger charge is 2.24. The van der Waals surface area contributed by atoms with Gasteiger partial charge in [0.05, 0.1) is 17.3 Å². The van der Waals surface area contributed by atoms with Crippen LogP contribution in [0.3, 0.4) is 0 Å². The second-order valence-corrected chi connectivity index (χ2v) is 6.19. The van der Waals surface area contributed by atoms with E-state index in [4.69, 9.17) is 0 Å². The van der Waals surface area contributed by atoms with Gasteiger partial charge in [0, 0.05) is 29.0 Å². The molecule has 4 heteroatoms. The van der Waals surface area contributed by atoms with Crippen molar-refractivity contribution in [3.05, 3.63) is 59.0 Å². The van der Waals surface area contributed by atoms with E-state index in [1.807, 2.05) is 6.07 Å². The van der Waals surface area contributed by atoms with Crippen molar-refractivity contribution in [3.8, 4) is 6.07 Å². The number of aromatic nitrogens is 2. The van der Waals surface area contributed by atoms with Crippen LogP contribution in [0.1, 0.15) is 41.3 Å². The van der Waals surface area contributed by atoms with Crippen molar-refractivity contribution in [2.45, 2.75) is 32.2 Å². The molecule has 1 aliphatic rings. The molecule has 2 heterocycles. The Morgan fingerprint density at radius 2 is 2.26 bits per heavy atom. The van der Waals surface area contributed by atoms with Crippen molar-refractivity contribution in [2.24, 2.45) is 0 Å². The lowest BCUT2D eigenvalue weighted by atomic mass is 9.91. The molecule has 1 aromatic carbocycles. The molecule has 1 atom stereocenters. The van der Waals surface area contributed by atoms with E-state index in [0.717, 1.165) is 24.9 Å². The molecule has 0 saturated carbocycles. The van der Waals surface area contributed by atoms with Gasteiger partial charge in [0.2, 0.25) is 0 Å². The Kier molecular flexibility index (Phi) is 3.27. The predicted molar refractivity (Wildman–Crippen MR) is 91.3 cm³/mol. The van der Waals surface area contributed by atoms with Crippen molar-refractivity contribution < 1.29 is 0 Å². The number of benzene rings is 1. The number of aryl methyl sites for hydroxylation is 2. The van der Waals surface area contributed by atoms with Crippen LogP contribution >= 0.6 is 0 Å². The molecule has 0 amide bonds. The van der Waals surface area contributed by atoms with Crippen molar-refractivity contribution in [2.75, 3.05) is 5.32 Å². The Morgan fingerprint density at radius 1 is 1.35 bits per heavy atom. The topological polar surface area (TPSA) is 64.5 Å². The van der Waals surface area contributed by atoms with Crippen molar-refractivity contribution in [3.63, 3.8) is 0 Å². The number of pyridine rings is 1. The molecule has 4 rings (SSSR count). The molecule has 0 fully saturated rings. The fraction of sp³-hybridized carbons (Fsp3) is 0.263. The van der Waals surface area contributed by atoms with Gasteiger partial charge in [-0.3, -0.25) is 4.98 Å². The van der Waals surface area contributed by atoms with Gasteiger partial charge in [0.1, 0.15) is 6.07 Å². The number of hydrogen-bond acceptors (Lipinski definition) is 3. The van der Waals surface area contributed by atoms with Crippen molar-refractivity contribution in [1.29, 1.82) is 5.26 Å². The van der Waals surface area contributed by atoms with Gasteiger partial charge in [-0.25, -0.2) is 0 Å². The Balaban J connectivity index is 1.76. The third kappa shape index (κ3) is 2.35. The molecule has 23 heavy (non-hydrogen) atoms. The van der Waals surface area contributed by atoms with Gasteiger partial charge in [0.15, 0.2) is 0 Å². The Labute approximate surface area is 135 Å². The van der Waals surface area contributed by atoms with E-state index in [0.29, 0.717) is 5.56 Å². The maximum Gasteiger partial charge on any atom is 0.103 e. The van der Waals surface area contributed by atoms with Crippen LogP contribution in [0.25, 0.3) is 10.9 Å². The molecule has 4 nitrogen and oxygen atoms in total. The van der Waals surface area contributed by atoms with Crippen LogP contribution in [0.2, 0.25) is 0 Å². The summed E-state index contributed by atoms with van der Waals surface area (Å²) in [6.07, 6.45) is 6.66. The number of aromatic amines is 1. The molecule has 1 aliphatic carbocycles. The number of rotatable bonds is 2. The number of nitriles is 1. The molecule has 0 aliphatic heterocycles. The summed E-state index contributed by atoms with van der Waals surface area (Å²) in [5.74, 6) is 0. The van der Waals surface area contributed by atoms with E-state index < -0.39 is 0 Å². The predicted octanol–water partition coefficient (Wildman–Crippen LogP) is 4.23. The minimum Gasteiger partial charge on any atom is -0.376 e. The Hall–Kier alpha value is -2.80. The fourth-order valence-corrected chi connectivity index (χ4v) is 3.52. The van der Waals surface area contributed by atoms with Crippen molar-refractivity contribution in [1.82, 2.24) is 9.97 Å².